The van der Waals surface area contributed by atoms with Crippen molar-refractivity contribution in [2.24, 2.45) is 0 Å². The number of fused-ring (bicyclic) bond motifs is 1. The molecule has 1 atom stereocenters. The van der Waals surface area contributed by atoms with Gasteiger partial charge in [0.15, 0.2) is 17.5 Å². The molecule has 35 heavy (non-hydrogen) atoms. The molecule has 0 fully saturated rings. The van der Waals surface area contributed by atoms with E-state index in [2.05, 4.69) is 66.9 Å². The monoisotopic (exact) mass is 460 g/mol. The number of pyridine rings is 1. The van der Waals surface area contributed by atoms with Crippen molar-refractivity contribution in [1.82, 2.24) is 35.5 Å². The Morgan fingerprint density at radius 2 is 1.89 bits per heavy atom. The molecule has 0 radical (unpaired) electrons. The minimum Gasteiger partial charge on any atom is -0.382 e. The Hall–Kier alpha value is -4.43. The van der Waals surface area contributed by atoms with Gasteiger partial charge in [0.1, 0.15) is 5.69 Å². The van der Waals surface area contributed by atoms with Gasteiger partial charge in [0, 0.05) is 36.1 Å². The summed E-state index contributed by atoms with van der Waals surface area (Å²) in [4.78, 5) is 17.8. The number of rotatable bonds is 6. The number of H-pyrrole nitrogens is 1. The van der Waals surface area contributed by atoms with E-state index in [1.165, 1.54) is 16.7 Å². The maximum Gasteiger partial charge on any atom is 0.183 e. The van der Waals surface area contributed by atoms with Gasteiger partial charge < -0.3 is 11.1 Å². The van der Waals surface area contributed by atoms with Crippen LogP contribution in [0.5, 0.6) is 0 Å². The molecule has 1 aliphatic rings. The minimum atomic E-state index is 0.292. The van der Waals surface area contributed by atoms with Crippen molar-refractivity contribution in [2.45, 2.75) is 25.4 Å². The number of aromatic amines is 1. The van der Waals surface area contributed by atoms with Crippen LogP contribution < -0.4 is 11.1 Å². The van der Waals surface area contributed by atoms with Crippen LogP contribution in [0.1, 0.15) is 29.2 Å². The molecule has 0 aliphatic heterocycles. The zero-order valence-electron chi connectivity index (χ0n) is 19.0. The van der Waals surface area contributed by atoms with Crippen LogP contribution in [0.15, 0.2) is 79.3 Å². The second kappa shape index (κ2) is 9.08. The van der Waals surface area contributed by atoms with Crippen molar-refractivity contribution in [3.8, 4) is 34.2 Å². The number of aryl methyl sites for hydroxylation is 1. The Morgan fingerprint density at radius 1 is 0.971 bits per heavy atom. The fourth-order valence-electron chi connectivity index (χ4n) is 4.55. The molecular weight excluding hydrogens is 436 g/mol. The molecule has 8 heteroatoms. The predicted molar refractivity (Wildman–Crippen MR) is 135 cm³/mol. The standard InChI is InChI=1S/C27H24N8/c28-25-24(27-33-26(34-35-27)20-8-4-12-29-15-20)32-23(16-31-25)19-7-3-5-17(13-19)14-30-22-11-10-18-6-1-2-9-21(18)22/h1-9,12-13,15-16,22,30H,10-11,14H2,(H2,28,31)(H,33,34,35)/t22-/m0/s1. The van der Waals surface area contributed by atoms with Crippen LogP contribution in [0.2, 0.25) is 0 Å². The predicted octanol–water partition coefficient (Wildman–Crippen LogP) is 4.35. The molecule has 8 nitrogen and oxygen atoms in total. The quantitative estimate of drug-likeness (QED) is 0.345. The fourth-order valence-corrected chi connectivity index (χ4v) is 4.55. The van der Waals surface area contributed by atoms with Crippen LogP contribution in [0.4, 0.5) is 5.82 Å². The van der Waals surface area contributed by atoms with Gasteiger partial charge in [-0.15, -0.1) is 0 Å². The van der Waals surface area contributed by atoms with Gasteiger partial charge in [-0.1, -0.05) is 42.5 Å². The van der Waals surface area contributed by atoms with Crippen LogP contribution in [0, 0.1) is 0 Å². The Morgan fingerprint density at radius 3 is 2.80 bits per heavy atom. The smallest absolute Gasteiger partial charge is 0.183 e. The van der Waals surface area contributed by atoms with E-state index in [0.29, 0.717) is 29.2 Å². The van der Waals surface area contributed by atoms with E-state index in [0.717, 1.165) is 36.2 Å². The highest BCUT2D eigenvalue weighted by atomic mass is 15.2. The molecule has 172 valence electrons. The number of aromatic nitrogens is 6. The number of hydrogen-bond donors (Lipinski definition) is 3. The summed E-state index contributed by atoms with van der Waals surface area (Å²) >= 11 is 0. The molecule has 2 aromatic carbocycles. The van der Waals surface area contributed by atoms with E-state index in [1.807, 2.05) is 24.3 Å². The summed E-state index contributed by atoms with van der Waals surface area (Å²) in [7, 11) is 0. The summed E-state index contributed by atoms with van der Waals surface area (Å²) in [5, 5.41) is 10.9. The number of nitrogens with zero attached hydrogens (tertiary/aromatic N) is 5. The topological polar surface area (TPSA) is 118 Å². The van der Waals surface area contributed by atoms with Crippen LogP contribution in [-0.2, 0) is 13.0 Å². The molecular formula is C27H24N8. The van der Waals surface area contributed by atoms with Crippen molar-refractivity contribution in [2.75, 3.05) is 5.73 Å². The highest BCUT2D eigenvalue weighted by molar-refractivity contribution is 5.70. The summed E-state index contributed by atoms with van der Waals surface area (Å²) in [6.45, 7) is 0.776. The van der Waals surface area contributed by atoms with Crippen molar-refractivity contribution >= 4 is 5.82 Å². The molecule has 1 aliphatic carbocycles. The molecule has 0 saturated carbocycles. The highest BCUT2D eigenvalue weighted by Gasteiger charge is 2.21. The molecule has 0 unspecified atom stereocenters. The van der Waals surface area contributed by atoms with E-state index in [4.69, 9.17) is 10.7 Å². The molecule has 0 amide bonds. The first-order valence-electron chi connectivity index (χ1n) is 11.6. The van der Waals surface area contributed by atoms with Gasteiger partial charge in [-0.3, -0.25) is 10.1 Å². The molecule has 4 N–H and O–H groups in total. The summed E-state index contributed by atoms with van der Waals surface area (Å²) in [6.07, 6.45) is 7.37. The average Bonchev–Trinajstić information content (AvgIpc) is 3.56. The molecule has 0 bridgehead atoms. The van der Waals surface area contributed by atoms with Crippen LogP contribution in [-0.4, -0.2) is 30.1 Å². The molecule has 3 aromatic heterocycles. The lowest BCUT2D eigenvalue weighted by molar-refractivity contribution is 0.530. The zero-order chi connectivity index (χ0) is 23.6. The second-order valence-electron chi connectivity index (χ2n) is 8.61. The van der Waals surface area contributed by atoms with Gasteiger partial charge in [0.05, 0.1) is 11.9 Å². The Bertz CT molecular complexity index is 1480. The first kappa shape index (κ1) is 21.1. The first-order valence-corrected chi connectivity index (χ1v) is 11.6. The number of nitrogen functional groups attached to an aromatic ring is 1. The largest absolute Gasteiger partial charge is 0.382 e. The van der Waals surface area contributed by atoms with E-state index < -0.39 is 0 Å². The maximum absolute atomic E-state index is 6.15. The SMILES string of the molecule is Nc1ncc(-c2cccc(CN[C@H]3CCc4ccccc43)c2)nc1-c1nc(-c2cccnc2)n[nH]1. The lowest BCUT2D eigenvalue weighted by Crippen LogP contribution is -2.18. The van der Waals surface area contributed by atoms with Crippen LogP contribution in [0.25, 0.3) is 34.2 Å². The van der Waals surface area contributed by atoms with Crippen molar-refractivity contribution in [3.05, 3.63) is 95.9 Å². The third-order valence-electron chi connectivity index (χ3n) is 6.34. The summed E-state index contributed by atoms with van der Waals surface area (Å²) < 4.78 is 0. The molecule has 3 heterocycles. The number of anilines is 1. The maximum atomic E-state index is 6.15. The summed E-state index contributed by atoms with van der Waals surface area (Å²) in [5.41, 5.74) is 13.2. The van der Waals surface area contributed by atoms with Gasteiger partial charge in [-0.05, 0) is 47.7 Å². The first-order chi connectivity index (χ1) is 17.2. The third-order valence-corrected chi connectivity index (χ3v) is 6.34. The van der Waals surface area contributed by atoms with Crippen LogP contribution in [0.3, 0.4) is 0 Å². The number of benzene rings is 2. The highest BCUT2D eigenvalue weighted by Crippen LogP contribution is 2.31. The average molecular weight is 461 g/mol. The van der Waals surface area contributed by atoms with E-state index in [9.17, 15) is 0 Å². The van der Waals surface area contributed by atoms with Gasteiger partial charge >= 0.3 is 0 Å². The lowest BCUT2D eigenvalue weighted by atomic mass is 10.1. The van der Waals surface area contributed by atoms with E-state index >= 15 is 0 Å². The van der Waals surface area contributed by atoms with Gasteiger partial charge in [0.2, 0.25) is 0 Å². The van der Waals surface area contributed by atoms with Crippen molar-refractivity contribution < 1.29 is 0 Å². The minimum absolute atomic E-state index is 0.292. The lowest BCUT2D eigenvalue weighted by Gasteiger charge is -2.14. The molecule has 5 aromatic rings. The fraction of sp³-hybridized carbons (Fsp3) is 0.148. The summed E-state index contributed by atoms with van der Waals surface area (Å²) in [5.74, 6) is 1.29. The molecule has 6 rings (SSSR count). The number of nitrogens with two attached hydrogens (primary N) is 1. The van der Waals surface area contributed by atoms with Crippen molar-refractivity contribution in [1.29, 1.82) is 0 Å². The number of nitrogens with one attached hydrogen (secondary N) is 2. The molecule has 0 spiro atoms. The number of hydrogen-bond acceptors (Lipinski definition) is 7. The van der Waals surface area contributed by atoms with Gasteiger partial charge in [-0.2, -0.15) is 5.10 Å². The normalized spacial score (nSPS) is 14.7. The van der Waals surface area contributed by atoms with Crippen LogP contribution >= 0.6 is 0 Å². The second-order valence-corrected chi connectivity index (χ2v) is 8.61. The van der Waals surface area contributed by atoms with Gasteiger partial charge in [0.25, 0.3) is 0 Å². The zero-order valence-corrected chi connectivity index (χ0v) is 19.0. The third kappa shape index (κ3) is 4.27. The Labute approximate surface area is 202 Å². The van der Waals surface area contributed by atoms with Crippen molar-refractivity contribution in [3.63, 3.8) is 0 Å². The Kier molecular flexibility index (Phi) is 5.48. The van der Waals surface area contributed by atoms with E-state index in [1.54, 1.807) is 18.6 Å². The van der Waals surface area contributed by atoms with E-state index in [-0.39, 0.29) is 0 Å². The van der Waals surface area contributed by atoms with Gasteiger partial charge in [-0.25, -0.2) is 15.0 Å². The summed E-state index contributed by atoms with van der Waals surface area (Å²) in [6, 6.07) is 21.1. The molecule has 0 saturated heterocycles. The Balaban J connectivity index is 1.23.